The van der Waals surface area contributed by atoms with E-state index < -0.39 is 29.2 Å². The molecule has 2 atom stereocenters. The van der Waals surface area contributed by atoms with Gasteiger partial charge >= 0.3 is 5.97 Å². The molecule has 200 valence electrons. The van der Waals surface area contributed by atoms with E-state index in [1.807, 2.05) is 0 Å². The average molecular weight is 572 g/mol. The van der Waals surface area contributed by atoms with Gasteiger partial charge in [0.15, 0.2) is 11.5 Å². The van der Waals surface area contributed by atoms with Crippen LogP contribution in [0.15, 0.2) is 45.8 Å². The van der Waals surface area contributed by atoms with E-state index in [4.69, 9.17) is 4.84 Å². The maximum Gasteiger partial charge on any atom is 0.352 e. The summed E-state index contributed by atoms with van der Waals surface area (Å²) in [5.74, 6) is -2.13. The van der Waals surface area contributed by atoms with Crippen molar-refractivity contribution < 1.29 is 29.1 Å². The van der Waals surface area contributed by atoms with E-state index in [9.17, 15) is 24.3 Å². The summed E-state index contributed by atoms with van der Waals surface area (Å²) < 4.78 is 1.26. The number of oxime groups is 1. The van der Waals surface area contributed by atoms with Crippen LogP contribution < -0.4 is 10.6 Å². The predicted octanol–water partition coefficient (Wildman–Crippen LogP) is -1.24. The molecule has 0 radical (unpaired) electrons. The molecule has 1 unspecified atom stereocenters. The van der Waals surface area contributed by atoms with Gasteiger partial charge in [0.1, 0.15) is 35.1 Å². The summed E-state index contributed by atoms with van der Waals surface area (Å²) in [5, 5.41) is 33.7. The van der Waals surface area contributed by atoms with Crippen molar-refractivity contribution in [3.8, 4) is 0 Å². The smallest absolute Gasteiger partial charge is 0.352 e. The first-order valence-corrected chi connectivity index (χ1v) is 13.0. The number of carboxylic acid groups (broad SMARTS) is 1. The highest BCUT2D eigenvalue weighted by molar-refractivity contribution is 8.01. The summed E-state index contributed by atoms with van der Waals surface area (Å²) in [6.45, 7) is 0. The summed E-state index contributed by atoms with van der Waals surface area (Å²) in [6.07, 6.45) is 1.71. The van der Waals surface area contributed by atoms with Crippen LogP contribution in [0.1, 0.15) is 5.82 Å². The van der Waals surface area contributed by atoms with Crippen molar-refractivity contribution in [2.24, 2.45) is 5.16 Å². The number of carbonyl (C=O) groups is 4. The van der Waals surface area contributed by atoms with Crippen molar-refractivity contribution in [2.45, 2.75) is 16.4 Å². The van der Waals surface area contributed by atoms with Crippen molar-refractivity contribution in [3.05, 3.63) is 41.5 Å². The topological polar surface area (TPSA) is 219 Å². The first kappa shape index (κ1) is 26.0. The fraction of sp³-hybridized carbons (Fsp3) is 0.250. The molecule has 17 nitrogen and oxygen atoms in total. The molecule has 3 aromatic rings. The summed E-state index contributed by atoms with van der Waals surface area (Å²) in [5.41, 5.74) is 0.528. The third-order valence-corrected chi connectivity index (χ3v) is 7.79. The quantitative estimate of drug-likeness (QED) is 0.0852. The van der Waals surface area contributed by atoms with Crippen LogP contribution in [0.3, 0.4) is 0 Å². The molecular weight excluding hydrogens is 554 g/mol. The molecule has 0 aliphatic carbocycles. The van der Waals surface area contributed by atoms with Crippen molar-refractivity contribution in [1.29, 1.82) is 0 Å². The van der Waals surface area contributed by atoms with Crippen LogP contribution in [-0.2, 0) is 24.0 Å². The molecule has 0 spiro atoms. The number of rotatable bonds is 10. The summed E-state index contributed by atoms with van der Waals surface area (Å²) in [7, 11) is 1.22. The van der Waals surface area contributed by atoms with E-state index >= 15 is 0 Å². The molecule has 0 saturated carbocycles. The molecule has 0 aromatic carbocycles. The Kier molecular flexibility index (Phi) is 7.32. The van der Waals surface area contributed by atoms with Gasteiger partial charge in [-0.1, -0.05) is 5.16 Å². The van der Waals surface area contributed by atoms with Gasteiger partial charge in [-0.15, -0.1) is 38.4 Å². The van der Waals surface area contributed by atoms with Gasteiger partial charge in [-0.2, -0.15) is 0 Å². The Bertz CT molecular complexity index is 1540. The molecule has 3 N–H and O–H groups in total. The number of β-lactam (4-membered cyclic amide) rings is 1. The Morgan fingerprint density at radius 2 is 2.21 bits per heavy atom. The number of thioether (sulfide) groups is 2. The van der Waals surface area contributed by atoms with E-state index in [-0.39, 0.29) is 28.8 Å². The molecule has 2 aliphatic heterocycles. The molecule has 5 rings (SSSR count). The largest absolute Gasteiger partial charge is 0.477 e. The van der Waals surface area contributed by atoms with E-state index in [1.165, 1.54) is 47.5 Å². The number of nitrogens with one attached hydrogen (secondary N) is 2. The molecule has 1 saturated heterocycles. The van der Waals surface area contributed by atoms with Gasteiger partial charge in [-0.25, -0.2) is 14.8 Å². The predicted molar refractivity (Wildman–Crippen MR) is 134 cm³/mol. The van der Waals surface area contributed by atoms with E-state index in [0.717, 1.165) is 4.90 Å². The number of hydrogen-bond donors (Lipinski definition) is 3. The van der Waals surface area contributed by atoms with Gasteiger partial charge in [-0.3, -0.25) is 19.3 Å². The second kappa shape index (κ2) is 11.0. The number of fused-ring (bicyclic) bond motifs is 2. The minimum absolute atomic E-state index is 0.120. The van der Waals surface area contributed by atoms with Crippen molar-refractivity contribution >= 4 is 64.9 Å². The third kappa shape index (κ3) is 5.08. The number of tetrazole rings is 1. The van der Waals surface area contributed by atoms with Gasteiger partial charge in [0.05, 0.1) is 0 Å². The lowest BCUT2D eigenvalue weighted by molar-refractivity contribution is -0.150. The highest BCUT2D eigenvalue weighted by Crippen LogP contribution is 2.41. The number of amides is 3. The molecule has 5 heterocycles. The van der Waals surface area contributed by atoms with Gasteiger partial charge in [-0.05, 0) is 34.2 Å². The van der Waals surface area contributed by atoms with Gasteiger partial charge in [0.25, 0.3) is 11.8 Å². The standard InChI is InChI=1S/C20H17N11O6S2/c1-37-27-13(16-21-5-4-10(23-16)22-8-32)17(33)24-14-18(34)30-15(20(35)36)9(7-39-19(14)30)6-38-12-3-2-11-25-28-29-31(11)26-12/h2-5,8,14,19H,6-7H2,1H3,(H,24,33)(H,35,36)(H,21,22,23,32)/t14?,19-/m1/s1. The van der Waals surface area contributed by atoms with Crippen LogP contribution in [0.5, 0.6) is 0 Å². The van der Waals surface area contributed by atoms with Crippen LogP contribution >= 0.6 is 23.5 Å². The molecule has 3 amide bonds. The van der Waals surface area contributed by atoms with Crippen LogP contribution in [0.4, 0.5) is 5.82 Å². The number of nitrogens with zero attached hydrogens (tertiary/aromatic N) is 9. The Morgan fingerprint density at radius 1 is 1.36 bits per heavy atom. The van der Waals surface area contributed by atoms with Gasteiger partial charge in [0, 0.05) is 17.7 Å². The fourth-order valence-electron chi connectivity index (χ4n) is 3.76. The first-order chi connectivity index (χ1) is 18.9. The van der Waals surface area contributed by atoms with E-state index in [1.54, 1.807) is 12.1 Å². The number of hydrogen-bond acceptors (Lipinski definition) is 14. The molecule has 3 aromatic heterocycles. The van der Waals surface area contributed by atoms with Crippen LogP contribution in [0.25, 0.3) is 5.65 Å². The number of aliphatic carboxylic acids is 1. The monoisotopic (exact) mass is 571 g/mol. The van der Waals surface area contributed by atoms with Crippen LogP contribution in [0.2, 0.25) is 0 Å². The maximum absolute atomic E-state index is 13.0. The Hall–Kier alpha value is -4.65. The second-order valence-electron chi connectivity index (χ2n) is 7.76. The highest BCUT2D eigenvalue weighted by atomic mass is 32.2. The highest BCUT2D eigenvalue weighted by Gasteiger charge is 2.54. The number of anilines is 1. The van der Waals surface area contributed by atoms with Crippen molar-refractivity contribution in [3.63, 3.8) is 0 Å². The zero-order valence-corrected chi connectivity index (χ0v) is 21.4. The third-order valence-electron chi connectivity index (χ3n) is 5.45. The zero-order chi connectivity index (χ0) is 27.5. The van der Waals surface area contributed by atoms with E-state index in [2.05, 4.69) is 46.4 Å². The molecule has 0 bridgehead atoms. The van der Waals surface area contributed by atoms with Crippen LogP contribution in [-0.4, -0.2) is 105 Å². The lowest BCUT2D eigenvalue weighted by atomic mass is 10.0. The average Bonchev–Trinajstić information content (AvgIpc) is 3.41. The number of aromatic nitrogens is 7. The molecular formula is C20H17N11O6S2. The normalized spacial score (nSPS) is 18.8. The summed E-state index contributed by atoms with van der Waals surface area (Å²) >= 11 is 2.59. The first-order valence-electron chi connectivity index (χ1n) is 10.9. The van der Waals surface area contributed by atoms with Crippen LogP contribution in [0, 0.1) is 0 Å². The van der Waals surface area contributed by atoms with E-state index in [0.29, 0.717) is 28.4 Å². The number of carboxylic acids is 1. The number of carbonyl (C=O) groups excluding carboxylic acids is 3. The van der Waals surface area contributed by atoms with Gasteiger partial charge in [0.2, 0.25) is 12.1 Å². The zero-order valence-electron chi connectivity index (χ0n) is 19.8. The van der Waals surface area contributed by atoms with Crippen molar-refractivity contribution in [2.75, 3.05) is 23.9 Å². The fourth-order valence-corrected chi connectivity index (χ4v) is 6.10. The molecule has 19 heteroatoms. The summed E-state index contributed by atoms with van der Waals surface area (Å²) in [6, 6.07) is 3.78. The lowest BCUT2D eigenvalue weighted by Gasteiger charge is -2.49. The Morgan fingerprint density at radius 3 is 2.97 bits per heavy atom. The molecule has 1 fully saturated rings. The van der Waals surface area contributed by atoms with Gasteiger partial charge < -0.3 is 20.6 Å². The Balaban J connectivity index is 1.30. The lowest BCUT2D eigenvalue weighted by Crippen LogP contribution is -2.71. The summed E-state index contributed by atoms with van der Waals surface area (Å²) in [4.78, 5) is 62.8. The molecule has 39 heavy (non-hydrogen) atoms. The van der Waals surface area contributed by atoms with Crippen molar-refractivity contribution in [1.82, 2.24) is 45.4 Å². The minimum Gasteiger partial charge on any atom is -0.477 e. The minimum atomic E-state index is -1.26. The molecule has 2 aliphatic rings. The SMILES string of the molecule is CON=C(C(=O)NC1C(=O)N2C(C(=O)O)=C(CSc3ccc4nnnn4n3)CS[C@H]12)c1nccc(NC=O)n1. The second-order valence-corrected chi connectivity index (χ2v) is 9.86. The maximum atomic E-state index is 13.0. The Labute approximate surface area is 226 Å².